The monoisotopic (exact) mass is 261 g/mol. The predicted molar refractivity (Wildman–Crippen MR) is 68.8 cm³/mol. The fourth-order valence-electron chi connectivity index (χ4n) is 1.83. The Morgan fingerprint density at radius 2 is 2.06 bits per heavy atom. The van der Waals surface area contributed by atoms with Crippen molar-refractivity contribution >= 4 is 17.5 Å². The van der Waals surface area contributed by atoms with Crippen molar-refractivity contribution < 1.29 is 4.79 Å². The van der Waals surface area contributed by atoms with Gasteiger partial charge in [0.25, 0.3) is 5.91 Å². The van der Waals surface area contributed by atoms with E-state index in [0.717, 1.165) is 0 Å². The van der Waals surface area contributed by atoms with Crippen LogP contribution in [0.4, 0.5) is 0 Å². The van der Waals surface area contributed by atoms with Crippen LogP contribution >= 0.6 is 11.6 Å². The van der Waals surface area contributed by atoms with Crippen LogP contribution in [0.15, 0.2) is 35.5 Å². The van der Waals surface area contributed by atoms with Gasteiger partial charge >= 0.3 is 0 Å². The summed E-state index contributed by atoms with van der Waals surface area (Å²) in [6, 6.07) is 8.75. The van der Waals surface area contributed by atoms with Gasteiger partial charge in [-0.2, -0.15) is 5.26 Å². The highest BCUT2D eigenvalue weighted by Crippen LogP contribution is 2.17. The Kier molecular flexibility index (Phi) is 3.54. The maximum Gasteiger partial charge on any atom is 0.254 e. The minimum Gasteiger partial charge on any atom is -0.401 e. The van der Waals surface area contributed by atoms with E-state index < -0.39 is 0 Å². The molecule has 2 N–H and O–H groups in total. The molecule has 0 aliphatic carbocycles. The summed E-state index contributed by atoms with van der Waals surface area (Å²) in [4.78, 5) is 13.8. The van der Waals surface area contributed by atoms with Gasteiger partial charge in [-0.05, 0) is 24.3 Å². The van der Waals surface area contributed by atoms with Crippen LogP contribution in [0.2, 0.25) is 5.02 Å². The number of carbonyl (C=O) groups is 1. The van der Waals surface area contributed by atoms with Crippen molar-refractivity contribution in [3.63, 3.8) is 0 Å². The van der Waals surface area contributed by atoms with Gasteiger partial charge in [0, 0.05) is 29.2 Å². The fourth-order valence-corrected chi connectivity index (χ4v) is 1.96. The second-order valence-electron chi connectivity index (χ2n) is 4.10. The van der Waals surface area contributed by atoms with Crippen LogP contribution < -0.4 is 5.73 Å². The molecule has 0 fully saturated rings. The summed E-state index contributed by atoms with van der Waals surface area (Å²) in [5.41, 5.74) is 7.34. The van der Waals surface area contributed by atoms with E-state index in [-0.39, 0.29) is 12.5 Å². The van der Waals surface area contributed by atoms with Crippen molar-refractivity contribution in [2.75, 3.05) is 13.1 Å². The van der Waals surface area contributed by atoms with Gasteiger partial charge in [0.1, 0.15) is 0 Å². The summed E-state index contributed by atoms with van der Waals surface area (Å²) in [5.74, 6) is -0.105. The highest BCUT2D eigenvalue weighted by molar-refractivity contribution is 6.30. The second-order valence-corrected chi connectivity index (χ2v) is 4.54. The number of rotatable bonds is 1. The van der Waals surface area contributed by atoms with Gasteiger partial charge in [0.15, 0.2) is 0 Å². The molecule has 1 aromatic carbocycles. The van der Waals surface area contributed by atoms with Crippen LogP contribution in [0.3, 0.4) is 0 Å². The molecule has 1 heterocycles. The number of carbonyl (C=O) groups excluding carboxylic acids is 1. The predicted octanol–water partition coefficient (Wildman–Crippen LogP) is 1.92. The first kappa shape index (κ1) is 12.5. The van der Waals surface area contributed by atoms with Gasteiger partial charge in [-0.15, -0.1) is 0 Å². The number of halogens is 1. The van der Waals surface area contributed by atoms with Crippen molar-refractivity contribution in [2.45, 2.75) is 6.42 Å². The van der Waals surface area contributed by atoms with Crippen molar-refractivity contribution in [2.24, 2.45) is 5.73 Å². The number of nitrogens with two attached hydrogens (primary N) is 1. The minimum absolute atomic E-state index is 0.105. The highest BCUT2D eigenvalue weighted by Gasteiger charge is 2.22. The van der Waals surface area contributed by atoms with E-state index in [9.17, 15) is 4.79 Å². The average Bonchev–Trinajstić information content (AvgIpc) is 2.39. The molecule has 4 nitrogen and oxygen atoms in total. The fraction of sp³-hybridized carbons (Fsp3) is 0.231. The number of benzene rings is 1. The zero-order chi connectivity index (χ0) is 13.1. The van der Waals surface area contributed by atoms with E-state index in [1.165, 1.54) is 0 Å². The summed E-state index contributed by atoms with van der Waals surface area (Å²) in [5, 5.41) is 9.51. The molecule has 2 rings (SSSR count). The Bertz CT molecular complexity index is 542. The standard InChI is InChI=1S/C13H12ClN3O/c14-11-3-1-9(2-4-11)13(18)17-6-5-12(16)10(7-15)8-17/h1-4H,5-6,8,16H2. The largest absolute Gasteiger partial charge is 0.401 e. The Hall–Kier alpha value is -1.99. The van der Waals surface area contributed by atoms with Crippen LogP contribution in [-0.4, -0.2) is 23.9 Å². The third-order valence-electron chi connectivity index (χ3n) is 2.90. The van der Waals surface area contributed by atoms with Crippen LogP contribution in [0.5, 0.6) is 0 Å². The molecule has 0 atom stereocenters. The molecule has 0 unspecified atom stereocenters. The molecule has 5 heteroatoms. The van der Waals surface area contributed by atoms with Crippen molar-refractivity contribution in [3.05, 3.63) is 46.1 Å². The quantitative estimate of drug-likeness (QED) is 0.840. The summed E-state index contributed by atoms with van der Waals surface area (Å²) in [6.07, 6.45) is 0.544. The summed E-state index contributed by atoms with van der Waals surface area (Å²) in [6.45, 7) is 0.822. The van der Waals surface area contributed by atoms with E-state index >= 15 is 0 Å². The van der Waals surface area contributed by atoms with Crippen LogP contribution in [-0.2, 0) is 0 Å². The Balaban J connectivity index is 2.17. The Morgan fingerprint density at radius 3 is 2.67 bits per heavy atom. The Morgan fingerprint density at radius 1 is 1.39 bits per heavy atom. The van der Waals surface area contributed by atoms with Crippen LogP contribution in [0.25, 0.3) is 0 Å². The number of hydrogen-bond acceptors (Lipinski definition) is 3. The summed E-state index contributed by atoms with van der Waals surface area (Å²) < 4.78 is 0. The molecule has 0 spiro atoms. The van der Waals surface area contributed by atoms with Crippen molar-refractivity contribution in [1.29, 1.82) is 5.26 Å². The van der Waals surface area contributed by atoms with Gasteiger partial charge in [0.2, 0.25) is 0 Å². The van der Waals surface area contributed by atoms with Gasteiger partial charge in [-0.25, -0.2) is 0 Å². The first-order chi connectivity index (χ1) is 8.61. The first-order valence-electron chi connectivity index (χ1n) is 5.54. The smallest absolute Gasteiger partial charge is 0.254 e. The van der Waals surface area contributed by atoms with Crippen molar-refractivity contribution in [3.8, 4) is 6.07 Å². The molecule has 92 valence electrons. The summed E-state index contributed by atoms with van der Waals surface area (Å²) in [7, 11) is 0. The van der Waals surface area contributed by atoms with Crippen LogP contribution in [0.1, 0.15) is 16.8 Å². The number of nitrogens with zero attached hydrogens (tertiary/aromatic N) is 2. The van der Waals surface area contributed by atoms with E-state index in [2.05, 4.69) is 0 Å². The maximum atomic E-state index is 12.2. The Labute approximate surface area is 110 Å². The number of amides is 1. The minimum atomic E-state index is -0.105. The van der Waals surface area contributed by atoms with E-state index in [1.54, 1.807) is 29.2 Å². The van der Waals surface area contributed by atoms with E-state index in [1.807, 2.05) is 6.07 Å². The lowest BCUT2D eigenvalue weighted by Crippen LogP contribution is -2.38. The maximum absolute atomic E-state index is 12.2. The molecular formula is C13H12ClN3O. The van der Waals surface area contributed by atoms with Gasteiger partial charge in [-0.1, -0.05) is 11.6 Å². The van der Waals surface area contributed by atoms with Crippen LogP contribution in [0, 0.1) is 11.3 Å². The lowest BCUT2D eigenvalue weighted by atomic mass is 10.1. The molecule has 18 heavy (non-hydrogen) atoms. The normalized spacial score (nSPS) is 15.4. The lowest BCUT2D eigenvalue weighted by molar-refractivity contribution is 0.0765. The zero-order valence-electron chi connectivity index (χ0n) is 9.69. The molecule has 0 aromatic heterocycles. The molecule has 0 saturated heterocycles. The van der Waals surface area contributed by atoms with E-state index in [4.69, 9.17) is 22.6 Å². The highest BCUT2D eigenvalue weighted by atomic mass is 35.5. The molecule has 1 aromatic rings. The molecule has 1 amide bonds. The zero-order valence-corrected chi connectivity index (χ0v) is 10.4. The molecule has 0 radical (unpaired) electrons. The topological polar surface area (TPSA) is 70.1 Å². The van der Waals surface area contributed by atoms with Crippen molar-refractivity contribution in [1.82, 2.24) is 4.90 Å². The third-order valence-corrected chi connectivity index (χ3v) is 3.15. The second kappa shape index (κ2) is 5.11. The molecule has 1 aliphatic rings. The molecular weight excluding hydrogens is 250 g/mol. The molecule has 1 aliphatic heterocycles. The number of nitriles is 1. The number of hydrogen-bond donors (Lipinski definition) is 1. The van der Waals surface area contributed by atoms with E-state index in [0.29, 0.717) is 34.8 Å². The van der Waals surface area contributed by atoms with Gasteiger partial charge in [-0.3, -0.25) is 4.79 Å². The first-order valence-corrected chi connectivity index (χ1v) is 5.92. The molecule has 0 bridgehead atoms. The third kappa shape index (κ3) is 2.47. The van der Waals surface area contributed by atoms with Gasteiger partial charge < -0.3 is 10.6 Å². The lowest BCUT2D eigenvalue weighted by Gasteiger charge is -2.27. The average molecular weight is 262 g/mol. The summed E-state index contributed by atoms with van der Waals surface area (Å²) >= 11 is 5.77. The SMILES string of the molecule is N#CC1=C(N)CCN(C(=O)c2ccc(Cl)cc2)C1. The van der Waals surface area contributed by atoms with Gasteiger partial charge in [0.05, 0.1) is 18.2 Å². The molecule has 0 saturated carbocycles.